The SMILES string of the molecule is OB(O)c1cccc2cccc(-c3ccc(-c4ccccc4)cc3)c12. The molecule has 120 valence electrons. The summed E-state index contributed by atoms with van der Waals surface area (Å²) in [5.74, 6) is 0. The minimum atomic E-state index is -1.49. The van der Waals surface area contributed by atoms with Crippen molar-refractivity contribution in [2.24, 2.45) is 0 Å². The summed E-state index contributed by atoms with van der Waals surface area (Å²) in [5, 5.41) is 21.4. The highest BCUT2D eigenvalue weighted by Crippen LogP contribution is 2.29. The Balaban J connectivity index is 1.85. The number of hydrogen-bond donors (Lipinski definition) is 2. The fourth-order valence-corrected chi connectivity index (χ4v) is 3.30. The third-order valence-corrected chi connectivity index (χ3v) is 4.52. The molecule has 3 heteroatoms. The third-order valence-electron chi connectivity index (χ3n) is 4.52. The van der Waals surface area contributed by atoms with Gasteiger partial charge in [0.2, 0.25) is 0 Å². The van der Waals surface area contributed by atoms with Gasteiger partial charge < -0.3 is 10.0 Å². The van der Waals surface area contributed by atoms with Gasteiger partial charge in [-0.05, 0) is 38.5 Å². The highest BCUT2D eigenvalue weighted by Gasteiger charge is 2.17. The molecule has 0 aliphatic heterocycles. The third kappa shape index (κ3) is 2.96. The molecular formula is C22H17BO2. The van der Waals surface area contributed by atoms with Gasteiger partial charge in [0, 0.05) is 0 Å². The van der Waals surface area contributed by atoms with Gasteiger partial charge in [0.25, 0.3) is 0 Å². The van der Waals surface area contributed by atoms with Gasteiger partial charge in [-0.25, -0.2) is 0 Å². The zero-order valence-electron chi connectivity index (χ0n) is 13.6. The zero-order chi connectivity index (χ0) is 17.2. The molecule has 25 heavy (non-hydrogen) atoms. The van der Waals surface area contributed by atoms with E-state index < -0.39 is 7.12 Å². The molecule has 0 amide bonds. The maximum Gasteiger partial charge on any atom is 0.489 e. The van der Waals surface area contributed by atoms with Gasteiger partial charge in [-0.1, -0.05) is 91.0 Å². The average Bonchev–Trinajstić information content (AvgIpc) is 2.68. The van der Waals surface area contributed by atoms with Crippen molar-refractivity contribution in [3.8, 4) is 22.3 Å². The summed E-state index contributed by atoms with van der Waals surface area (Å²) in [4.78, 5) is 0. The smallest absolute Gasteiger partial charge is 0.423 e. The van der Waals surface area contributed by atoms with Crippen LogP contribution in [0.5, 0.6) is 0 Å². The van der Waals surface area contributed by atoms with E-state index in [2.05, 4.69) is 36.4 Å². The van der Waals surface area contributed by atoms with Crippen LogP contribution >= 0.6 is 0 Å². The fraction of sp³-hybridized carbons (Fsp3) is 0. The molecule has 0 fully saturated rings. The zero-order valence-corrected chi connectivity index (χ0v) is 13.6. The van der Waals surface area contributed by atoms with Crippen LogP contribution < -0.4 is 5.46 Å². The molecule has 0 aliphatic carbocycles. The van der Waals surface area contributed by atoms with Crippen molar-refractivity contribution in [3.63, 3.8) is 0 Å². The van der Waals surface area contributed by atoms with E-state index in [4.69, 9.17) is 0 Å². The minimum Gasteiger partial charge on any atom is -0.423 e. The van der Waals surface area contributed by atoms with Crippen molar-refractivity contribution >= 4 is 23.4 Å². The maximum absolute atomic E-state index is 9.74. The highest BCUT2D eigenvalue weighted by molar-refractivity contribution is 6.62. The number of rotatable bonds is 3. The van der Waals surface area contributed by atoms with E-state index in [1.54, 1.807) is 6.07 Å². The molecule has 0 unspecified atom stereocenters. The molecule has 0 heterocycles. The van der Waals surface area contributed by atoms with Crippen LogP contribution in [0, 0.1) is 0 Å². The summed E-state index contributed by atoms with van der Waals surface area (Å²) in [7, 11) is -1.49. The summed E-state index contributed by atoms with van der Waals surface area (Å²) in [6, 6.07) is 30.2. The van der Waals surface area contributed by atoms with E-state index in [0.29, 0.717) is 5.46 Å². The van der Waals surface area contributed by atoms with Gasteiger partial charge in [0.15, 0.2) is 0 Å². The molecule has 2 N–H and O–H groups in total. The molecule has 4 aromatic rings. The number of hydrogen-bond acceptors (Lipinski definition) is 2. The second-order valence-corrected chi connectivity index (χ2v) is 6.07. The lowest BCUT2D eigenvalue weighted by atomic mass is 9.75. The topological polar surface area (TPSA) is 40.5 Å². The van der Waals surface area contributed by atoms with E-state index >= 15 is 0 Å². The van der Waals surface area contributed by atoms with E-state index in [9.17, 15) is 10.0 Å². The molecule has 0 saturated carbocycles. The molecule has 0 atom stereocenters. The lowest BCUT2D eigenvalue weighted by Crippen LogP contribution is -2.30. The first-order chi connectivity index (χ1) is 12.2. The second kappa shape index (κ2) is 6.56. The molecule has 0 saturated heterocycles. The standard InChI is InChI=1S/C22H17BO2/c24-23(25)21-11-5-9-19-8-4-10-20(22(19)21)18-14-12-17(13-15-18)16-6-2-1-3-7-16/h1-15,24-25H. The first-order valence-electron chi connectivity index (χ1n) is 8.28. The van der Waals surface area contributed by atoms with Crippen molar-refractivity contribution in [2.75, 3.05) is 0 Å². The lowest BCUT2D eigenvalue weighted by molar-refractivity contribution is 0.426. The monoisotopic (exact) mass is 324 g/mol. The summed E-state index contributed by atoms with van der Waals surface area (Å²) >= 11 is 0. The van der Waals surface area contributed by atoms with Crippen molar-refractivity contribution in [3.05, 3.63) is 91.0 Å². The lowest BCUT2D eigenvalue weighted by Gasteiger charge is -2.12. The predicted octanol–water partition coefficient (Wildman–Crippen LogP) is 3.85. The first-order valence-corrected chi connectivity index (χ1v) is 8.28. The van der Waals surface area contributed by atoms with Crippen LogP contribution in [0.2, 0.25) is 0 Å². The Morgan fingerprint density at radius 3 is 1.80 bits per heavy atom. The van der Waals surface area contributed by atoms with Crippen molar-refractivity contribution in [2.45, 2.75) is 0 Å². The van der Waals surface area contributed by atoms with E-state index in [0.717, 1.165) is 27.5 Å². The fourth-order valence-electron chi connectivity index (χ4n) is 3.30. The average molecular weight is 324 g/mol. The van der Waals surface area contributed by atoms with Crippen molar-refractivity contribution in [1.29, 1.82) is 0 Å². The van der Waals surface area contributed by atoms with Crippen LogP contribution in [0.15, 0.2) is 91.0 Å². The van der Waals surface area contributed by atoms with Crippen LogP contribution in [-0.2, 0) is 0 Å². The van der Waals surface area contributed by atoms with Crippen LogP contribution in [0.3, 0.4) is 0 Å². The molecule has 4 aromatic carbocycles. The Bertz CT molecular complexity index is 1000. The molecule has 0 spiro atoms. The van der Waals surface area contributed by atoms with Crippen molar-refractivity contribution < 1.29 is 10.0 Å². The summed E-state index contributed by atoms with van der Waals surface area (Å²) in [5.41, 5.74) is 4.92. The number of fused-ring (bicyclic) bond motifs is 1. The van der Waals surface area contributed by atoms with Crippen LogP contribution in [0.4, 0.5) is 0 Å². The van der Waals surface area contributed by atoms with Gasteiger partial charge in [-0.3, -0.25) is 0 Å². The largest absolute Gasteiger partial charge is 0.489 e. The maximum atomic E-state index is 9.74. The molecule has 4 rings (SSSR count). The van der Waals surface area contributed by atoms with Gasteiger partial charge in [0.1, 0.15) is 0 Å². The summed E-state index contributed by atoms with van der Waals surface area (Å²) in [6.45, 7) is 0. The molecule has 0 aromatic heterocycles. The Morgan fingerprint density at radius 2 is 1.12 bits per heavy atom. The first kappa shape index (κ1) is 15.6. The van der Waals surface area contributed by atoms with Gasteiger partial charge >= 0.3 is 7.12 Å². The minimum absolute atomic E-state index is 0.528. The second-order valence-electron chi connectivity index (χ2n) is 6.07. The molecular weight excluding hydrogens is 307 g/mol. The van der Waals surface area contributed by atoms with Gasteiger partial charge in [-0.2, -0.15) is 0 Å². The number of benzene rings is 4. The molecule has 0 bridgehead atoms. The highest BCUT2D eigenvalue weighted by atomic mass is 16.4. The Morgan fingerprint density at radius 1 is 0.520 bits per heavy atom. The Labute approximate surface area is 147 Å². The normalized spacial score (nSPS) is 10.8. The summed E-state index contributed by atoms with van der Waals surface area (Å²) < 4.78 is 0. The van der Waals surface area contributed by atoms with Crippen LogP contribution in [0.25, 0.3) is 33.0 Å². The van der Waals surface area contributed by atoms with Crippen LogP contribution in [-0.4, -0.2) is 17.2 Å². The Hall–Kier alpha value is -2.88. The summed E-state index contributed by atoms with van der Waals surface area (Å²) in [6.07, 6.45) is 0. The predicted molar refractivity (Wildman–Crippen MR) is 105 cm³/mol. The Kier molecular flexibility index (Phi) is 4.10. The van der Waals surface area contributed by atoms with Crippen LogP contribution in [0.1, 0.15) is 0 Å². The quantitative estimate of drug-likeness (QED) is 0.562. The van der Waals surface area contributed by atoms with Gasteiger partial charge in [0.05, 0.1) is 0 Å². The van der Waals surface area contributed by atoms with E-state index in [1.165, 1.54) is 5.56 Å². The van der Waals surface area contributed by atoms with Gasteiger partial charge in [-0.15, -0.1) is 0 Å². The molecule has 0 radical (unpaired) electrons. The molecule has 2 nitrogen and oxygen atoms in total. The van der Waals surface area contributed by atoms with E-state index in [-0.39, 0.29) is 0 Å². The van der Waals surface area contributed by atoms with Crippen molar-refractivity contribution in [1.82, 2.24) is 0 Å². The molecule has 0 aliphatic rings. The van der Waals surface area contributed by atoms with E-state index in [1.807, 2.05) is 48.5 Å².